The zero-order chi connectivity index (χ0) is 30.9. The summed E-state index contributed by atoms with van der Waals surface area (Å²) >= 11 is 0. The molecule has 0 atom stereocenters. The van der Waals surface area contributed by atoms with E-state index in [1.165, 1.54) is 54.5 Å². The molecule has 11 nitrogen and oxygen atoms in total. The SMILES string of the molecule is COc1cc(CC2CCCCC2)c(F)cc1-n1c(=O)ccc2cc(S(=O)(=O)N(C(=O)OC(C)(C)C)c3ncon3)ccc21. The van der Waals surface area contributed by atoms with Crippen molar-refractivity contribution >= 4 is 33.0 Å². The zero-order valence-corrected chi connectivity index (χ0v) is 25.2. The summed E-state index contributed by atoms with van der Waals surface area (Å²) in [5.74, 6) is -0.274. The summed E-state index contributed by atoms with van der Waals surface area (Å²) in [6.07, 6.45) is 5.81. The summed E-state index contributed by atoms with van der Waals surface area (Å²) in [6, 6.07) is 9.52. The summed E-state index contributed by atoms with van der Waals surface area (Å²) in [5.41, 5.74) is -0.483. The number of benzene rings is 2. The predicted octanol–water partition coefficient (Wildman–Crippen LogP) is 5.77. The van der Waals surface area contributed by atoms with Gasteiger partial charge in [0, 0.05) is 17.5 Å². The van der Waals surface area contributed by atoms with Crippen LogP contribution in [0.2, 0.25) is 0 Å². The van der Waals surface area contributed by atoms with E-state index in [0.717, 1.165) is 32.1 Å². The minimum absolute atomic E-state index is 0.181. The normalized spacial score (nSPS) is 14.5. The highest BCUT2D eigenvalue weighted by atomic mass is 32.2. The Morgan fingerprint density at radius 1 is 1.12 bits per heavy atom. The Labute approximate surface area is 248 Å². The van der Waals surface area contributed by atoms with Gasteiger partial charge in [0.25, 0.3) is 21.5 Å². The van der Waals surface area contributed by atoms with Gasteiger partial charge < -0.3 is 14.0 Å². The van der Waals surface area contributed by atoms with E-state index in [4.69, 9.17) is 9.47 Å². The highest BCUT2D eigenvalue weighted by Crippen LogP contribution is 2.33. The molecule has 1 aliphatic carbocycles. The number of nitrogens with zero attached hydrogens (tertiary/aromatic N) is 4. The molecule has 4 aromatic rings. The second kappa shape index (κ2) is 11.8. The summed E-state index contributed by atoms with van der Waals surface area (Å²) in [4.78, 5) is 29.6. The molecule has 0 N–H and O–H groups in total. The van der Waals surface area contributed by atoms with Gasteiger partial charge in [0.15, 0.2) is 0 Å². The molecule has 5 rings (SSSR count). The van der Waals surface area contributed by atoms with Crippen LogP contribution in [0.5, 0.6) is 5.75 Å². The van der Waals surface area contributed by atoms with Gasteiger partial charge >= 0.3 is 6.09 Å². The molecule has 1 aliphatic rings. The molecular formula is C30H33FN4O7S. The number of aromatic nitrogens is 3. The van der Waals surface area contributed by atoms with Crippen molar-refractivity contribution in [3.8, 4) is 11.4 Å². The van der Waals surface area contributed by atoms with Crippen molar-refractivity contribution in [2.24, 2.45) is 5.92 Å². The Bertz CT molecular complexity index is 1810. The van der Waals surface area contributed by atoms with Crippen molar-refractivity contribution in [2.45, 2.75) is 69.8 Å². The van der Waals surface area contributed by atoms with E-state index in [2.05, 4.69) is 14.7 Å². The van der Waals surface area contributed by atoms with Gasteiger partial charge in [-0.15, -0.1) is 4.31 Å². The smallest absolute Gasteiger partial charge is 0.431 e. The van der Waals surface area contributed by atoms with Gasteiger partial charge in [-0.2, -0.15) is 4.98 Å². The molecular weight excluding hydrogens is 579 g/mol. The maximum absolute atomic E-state index is 15.5. The van der Waals surface area contributed by atoms with Crippen LogP contribution in [0.15, 0.2) is 63.1 Å². The number of halogens is 1. The number of hydrogen-bond acceptors (Lipinski definition) is 9. The lowest BCUT2D eigenvalue weighted by atomic mass is 9.84. The number of carbonyl (C=O) groups excluding carboxylic acids is 1. The van der Waals surface area contributed by atoms with Crippen LogP contribution in [0.3, 0.4) is 0 Å². The van der Waals surface area contributed by atoms with Crippen LogP contribution in [-0.4, -0.2) is 41.9 Å². The first kappa shape index (κ1) is 30.2. The predicted molar refractivity (Wildman–Crippen MR) is 157 cm³/mol. The maximum atomic E-state index is 15.5. The first-order valence-corrected chi connectivity index (χ1v) is 15.4. The molecule has 1 fully saturated rings. The number of fused-ring (bicyclic) bond motifs is 1. The number of hydrogen-bond donors (Lipinski definition) is 0. The molecule has 13 heteroatoms. The molecule has 2 aromatic heterocycles. The number of rotatable bonds is 7. The van der Waals surface area contributed by atoms with Gasteiger partial charge in [0.05, 0.1) is 23.2 Å². The minimum Gasteiger partial charge on any atom is -0.495 e. The Morgan fingerprint density at radius 2 is 1.86 bits per heavy atom. The van der Waals surface area contributed by atoms with Crippen LogP contribution in [0.25, 0.3) is 16.6 Å². The molecule has 0 spiro atoms. The van der Waals surface area contributed by atoms with Crippen LogP contribution in [-0.2, 0) is 21.2 Å². The molecule has 43 heavy (non-hydrogen) atoms. The Kier molecular flexibility index (Phi) is 8.28. The molecule has 0 aliphatic heterocycles. The molecule has 0 radical (unpaired) electrons. The van der Waals surface area contributed by atoms with Crippen molar-refractivity contribution < 1.29 is 31.6 Å². The van der Waals surface area contributed by atoms with Crippen molar-refractivity contribution in [3.05, 3.63) is 70.6 Å². The zero-order valence-electron chi connectivity index (χ0n) is 24.4. The number of pyridine rings is 1. The van der Waals surface area contributed by atoms with E-state index in [9.17, 15) is 18.0 Å². The Morgan fingerprint density at radius 3 is 2.51 bits per heavy atom. The fourth-order valence-corrected chi connectivity index (χ4v) is 6.62. The molecule has 1 saturated carbocycles. The minimum atomic E-state index is -4.61. The van der Waals surface area contributed by atoms with Crippen molar-refractivity contribution in [1.82, 2.24) is 14.7 Å². The van der Waals surface area contributed by atoms with Crippen molar-refractivity contribution in [3.63, 3.8) is 0 Å². The van der Waals surface area contributed by atoms with E-state index in [1.807, 2.05) is 0 Å². The van der Waals surface area contributed by atoms with Crippen molar-refractivity contribution in [1.29, 1.82) is 0 Å². The van der Waals surface area contributed by atoms with Gasteiger partial charge in [-0.3, -0.25) is 9.36 Å². The van der Waals surface area contributed by atoms with Crippen LogP contribution >= 0.6 is 0 Å². The summed E-state index contributed by atoms with van der Waals surface area (Å²) in [7, 11) is -3.16. The van der Waals surface area contributed by atoms with Gasteiger partial charge in [0.1, 0.15) is 17.2 Å². The van der Waals surface area contributed by atoms with Crippen LogP contribution < -0.4 is 14.6 Å². The number of methoxy groups -OCH3 is 1. The molecule has 1 amide bonds. The van der Waals surface area contributed by atoms with Crippen LogP contribution in [0.4, 0.5) is 15.1 Å². The Balaban J connectivity index is 1.58. The van der Waals surface area contributed by atoms with Crippen LogP contribution in [0.1, 0.15) is 58.4 Å². The number of amides is 1. The quantitative estimate of drug-likeness (QED) is 0.255. The van der Waals surface area contributed by atoms with Gasteiger partial charge in [0.2, 0.25) is 6.39 Å². The summed E-state index contributed by atoms with van der Waals surface area (Å²) in [6.45, 7) is 4.75. The monoisotopic (exact) mass is 612 g/mol. The number of sulfonamides is 1. The summed E-state index contributed by atoms with van der Waals surface area (Å²) < 4.78 is 60.1. The lowest BCUT2D eigenvalue weighted by molar-refractivity contribution is 0.0606. The average Bonchev–Trinajstić information content (AvgIpc) is 3.47. The highest BCUT2D eigenvalue weighted by molar-refractivity contribution is 7.93. The van der Waals surface area contributed by atoms with E-state index in [1.54, 1.807) is 26.8 Å². The second-order valence-electron chi connectivity index (χ2n) is 11.5. The molecule has 228 valence electrons. The third-order valence-corrected chi connectivity index (χ3v) is 8.96. The van der Waals surface area contributed by atoms with E-state index in [0.29, 0.717) is 38.9 Å². The van der Waals surface area contributed by atoms with Gasteiger partial charge in [-0.05, 0) is 74.2 Å². The third kappa shape index (κ3) is 6.26. The topological polar surface area (TPSA) is 134 Å². The van der Waals surface area contributed by atoms with E-state index in [-0.39, 0.29) is 10.6 Å². The van der Waals surface area contributed by atoms with E-state index < -0.39 is 39.0 Å². The molecule has 2 aromatic carbocycles. The second-order valence-corrected chi connectivity index (χ2v) is 13.3. The molecule has 0 unspecified atom stereocenters. The summed E-state index contributed by atoms with van der Waals surface area (Å²) in [5, 5.41) is 3.85. The number of anilines is 1. The van der Waals surface area contributed by atoms with Gasteiger partial charge in [-0.1, -0.05) is 32.1 Å². The number of carbonyl (C=O) groups is 1. The van der Waals surface area contributed by atoms with Crippen molar-refractivity contribution in [2.75, 3.05) is 11.4 Å². The highest BCUT2D eigenvalue weighted by Gasteiger charge is 2.38. The lowest BCUT2D eigenvalue weighted by Crippen LogP contribution is -2.41. The standard InChI is InChI=1S/C30H33FN4O7S/c1-30(2,3)42-29(37)35(28-32-18-41-33-28)43(38,39)22-11-12-24-20(15-22)10-13-27(36)34(24)25-17-23(31)21(16-26(25)40-4)14-19-8-6-5-7-9-19/h10-13,15-19H,5-9,14H2,1-4H3. The molecule has 2 heterocycles. The van der Waals surface area contributed by atoms with Crippen LogP contribution in [0, 0.1) is 11.7 Å². The van der Waals surface area contributed by atoms with Gasteiger partial charge in [-0.25, -0.2) is 17.6 Å². The maximum Gasteiger partial charge on any atom is 0.431 e. The first-order chi connectivity index (χ1) is 20.4. The third-order valence-electron chi connectivity index (χ3n) is 7.32. The average molecular weight is 613 g/mol. The number of ether oxygens (including phenoxy) is 2. The van der Waals surface area contributed by atoms with E-state index >= 15 is 4.39 Å². The Hall–Kier alpha value is -4.26. The molecule has 0 bridgehead atoms. The molecule has 0 saturated heterocycles. The fraction of sp³-hybridized carbons (Fsp3) is 0.400. The first-order valence-electron chi connectivity index (χ1n) is 14.0. The largest absolute Gasteiger partial charge is 0.495 e. The fourth-order valence-electron chi connectivity index (χ4n) is 5.37. The lowest BCUT2D eigenvalue weighted by Gasteiger charge is -2.24.